The second-order valence-electron chi connectivity index (χ2n) is 3.05. The lowest BCUT2D eigenvalue weighted by atomic mass is 10.1. The average molecular weight is 140 g/mol. The molecule has 0 amide bonds. The van der Waals surface area contributed by atoms with Crippen molar-refractivity contribution in [3.8, 4) is 0 Å². The summed E-state index contributed by atoms with van der Waals surface area (Å²) in [4.78, 5) is 10.6. The van der Waals surface area contributed by atoms with Gasteiger partial charge in [0.2, 0.25) is 0 Å². The van der Waals surface area contributed by atoms with Crippen LogP contribution in [0.4, 0.5) is 0 Å². The Bertz CT molecular complexity index is 118. The van der Waals surface area contributed by atoms with Gasteiger partial charge in [-0.05, 0) is 12.3 Å². The summed E-state index contributed by atoms with van der Waals surface area (Å²) in [6.07, 6.45) is 5.61. The van der Waals surface area contributed by atoms with Crippen molar-refractivity contribution < 1.29 is 4.79 Å². The molecule has 0 heterocycles. The molecule has 1 aliphatic carbocycles. The van der Waals surface area contributed by atoms with Crippen molar-refractivity contribution in [1.29, 1.82) is 0 Å². The zero-order valence-corrected chi connectivity index (χ0v) is 6.23. The van der Waals surface area contributed by atoms with Gasteiger partial charge in [0, 0.05) is 6.42 Å². The second-order valence-corrected chi connectivity index (χ2v) is 3.05. The number of rotatable bonds is 5. The van der Waals surface area contributed by atoms with Gasteiger partial charge in [-0.25, -0.2) is 0 Å². The molecular weight excluding hydrogens is 126 g/mol. The molecule has 2 nitrogen and oxygen atoms in total. The molecule has 1 radical (unpaired) electrons. The molecule has 10 heavy (non-hydrogen) atoms. The van der Waals surface area contributed by atoms with Crippen molar-refractivity contribution in [2.24, 2.45) is 5.92 Å². The summed E-state index contributed by atoms with van der Waals surface area (Å²) < 4.78 is 0. The van der Waals surface area contributed by atoms with Crippen LogP contribution in [0.15, 0.2) is 0 Å². The zero-order chi connectivity index (χ0) is 7.40. The van der Waals surface area contributed by atoms with E-state index in [0.717, 1.165) is 12.3 Å². The molecule has 0 spiro atoms. The van der Waals surface area contributed by atoms with Crippen LogP contribution in [0, 0.1) is 5.92 Å². The zero-order valence-electron chi connectivity index (χ0n) is 6.23. The summed E-state index contributed by atoms with van der Waals surface area (Å²) in [7, 11) is 0. The minimum atomic E-state index is -0.0231. The third-order valence-corrected chi connectivity index (χ3v) is 1.96. The molecule has 0 bridgehead atoms. The maximum absolute atomic E-state index is 10.6. The van der Waals surface area contributed by atoms with Gasteiger partial charge in [0.15, 0.2) is 0 Å². The van der Waals surface area contributed by atoms with E-state index in [0.29, 0.717) is 6.42 Å². The smallest absolute Gasteiger partial charge is 0.148 e. The Morgan fingerprint density at radius 3 is 2.70 bits per heavy atom. The highest BCUT2D eigenvalue weighted by atomic mass is 16.1. The van der Waals surface area contributed by atoms with Crippen molar-refractivity contribution in [2.45, 2.75) is 32.1 Å². The second kappa shape index (κ2) is 3.71. The third kappa shape index (κ3) is 2.97. The molecular formula is C8H14NO. The Labute approximate surface area is 61.8 Å². The van der Waals surface area contributed by atoms with Crippen LogP contribution in [0.3, 0.4) is 0 Å². The lowest BCUT2D eigenvalue weighted by Crippen LogP contribution is -2.04. The fourth-order valence-corrected chi connectivity index (χ4v) is 1.08. The first-order valence-corrected chi connectivity index (χ1v) is 3.99. The third-order valence-electron chi connectivity index (χ3n) is 1.96. The molecule has 2 heteroatoms. The van der Waals surface area contributed by atoms with E-state index in [2.05, 4.69) is 0 Å². The molecule has 57 valence electrons. The lowest BCUT2D eigenvalue weighted by molar-refractivity contribution is -0.117. The van der Waals surface area contributed by atoms with Crippen molar-refractivity contribution in [3.63, 3.8) is 0 Å². The molecule has 1 fully saturated rings. The highest BCUT2D eigenvalue weighted by molar-refractivity contribution is 5.79. The molecule has 1 aliphatic rings. The first-order valence-electron chi connectivity index (χ1n) is 3.99. The number of hydrogen-bond acceptors (Lipinski definition) is 1. The van der Waals surface area contributed by atoms with Gasteiger partial charge >= 0.3 is 0 Å². The number of hydrogen-bond donors (Lipinski definition) is 0. The average Bonchev–Trinajstić information content (AvgIpc) is 2.71. The Hall–Kier alpha value is -0.370. The van der Waals surface area contributed by atoms with Crippen LogP contribution in [-0.2, 0) is 4.79 Å². The molecule has 0 aliphatic heterocycles. The van der Waals surface area contributed by atoms with Gasteiger partial charge in [-0.1, -0.05) is 19.3 Å². The fourth-order valence-electron chi connectivity index (χ4n) is 1.08. The molecule has 0 saturated heterocycles. The molecule has 1 N–H and O–H groups in total. The molecule has 0 unspecified atom stereocenters. The van der Waals surface area contributed by atoms with E-state index < -0.39 is 0 Å². The lowest BCUT2D eigenvalue weighted by Gasteiger charge is -1.94. The van der Waals surface area contributed by atoms with Gasteiger partial charge in [-0.3, -0.25) is 10.5 Å². The molecule has 0 aromatic carbocycles. The Morgan fingerprint density at radius 1 is 1.50 bits per heavy atom. The van der Waals surface area contributed by atoms with Crippen LogP contribution in [-0.4, -0.2) is 12.3 Å². The van der Waals surface area contributed by atoms with Crippen molar-refractivity contribution in [2.75, 3.05) is 6.54 Å². The fraction of sp³-hybridized carbons (Fsp3) is 0.875. The first kappa shape index (κ1) is 7.73. The van der Waals surface area contributed by atoms with Gasteiger partial charge in [-0.15, -0.1) is 0 Å². The predicted octanol–water partition coefficient (Wildman–Crippen LogP) is 1.42. The number of ketones is 1. The van der Waals surface area contributed by atoms with Crippen molar-refractivity contribution in [3.05, 3.63) is 0 Å². The molecule has 0 aromatic rings. The van der Waals surface area contributed by atoms with Crippen LogP contribution < -0.4 is 5.73 Å². The Kier molecular flexibility index (Phi) is 2.87. The van der Waals surface area contributed by atoms with E-state index in [1.54, 1.807) is 0 Å². The predicted molar refractivity (Wildman–Crippen MR) is 39.5 cm³/mol. The van der Waals surface area contributed by atoms with Gasteiger partial charge in [0.1, 0.15) is 5.78 Å². The Balaban J connectivity index is 1.88. The van der Waals surface area contributed by atoms with E-state index in [1.807, 2.05) is 0 Å². The van der Waals surface area contributed by atoms with Crippen LogP contribution in [0.2, 0.25) is 0 Å². The van der Waals surface area contributed by atoms with Gasteiger partial charge < -0.3 is 0 Å². The molecule has 1 saturated carbocycles. The standard InChI is InChI=1S/C8H14NO/c9-6-8(10)3-1-2-7-4-5-7/h7,9H,1-6H2. The summed E-state index contributed by atoms with van der Waals surface area (Å²) in [5.41, 5.74) is 6.76. The largest absolute Gasteiger partial charge is 0.298 e. The minimum absolute atomic E-state index is 0.0231. The monoisotopic (exact) mass is 140 g/mol. The topological polar surface area (TPSA) is 40.9 Å². The SMILES string of the molecule is [NH]CC(=O)CCCC1CC1. The van der Waals surface area contributed by atoms with E-state index >= 15 is 0 Å². The van der Waals surface area contributed by atoms with Gasteiger partial charge in [-0.2, -0.15) is 0 Å². The highest BCUT2D eigenvalue weighted by Gasteiger charge is 2.20. The maximum atomic E-state index is 10.6. The number of Topliss-reactive ketones (excluding diaryl/α,β-unsaturated/α-hetero) is 1. The summed E-state index contributed by atoms with van der Waals surface area (Å²) in [6, 6.07) is 0. The minimum Gasteiger partial charge on any atom is -0.298 e. The van der Waals surface area contributed by atoms with Crippen LogP contribution in [0.1, 0.15) is 32.1 Å². The van der Waals surface area contributed by atoms with E-state index in [9.17, 15) is 4.79 Å². The van der Waals surface area contributed by atoms with E-state index in [1.165, 1.54) is 19.3 Å². The Morgan fingerprint density at radius 2 is 2.20 bits per heavy atom. The quantitative estimate of drug-likeness (QED) is 0.569. The van der Waals surface area contributed by atoms with Crippen molar-refractivity contribution >= 4 is 5.78 Å². The highest BCUT2D eigenvalue weighted by Crippen LogP contribution is 2.33. The van der Waals surface area contributed by atoms with E-state index in [4.69, 9.17) is 5.73 Å². The molecule has 0 atom stereocenters. The summed E-state index contributed by atoms with van der Waals surface area (Å²) in [6.45, 7) is -0.0231. The number of nitrogens with one attached hydrogen (secondary N) is 1. The first-order chi connectivity index (χ1) is 4.83. The van der Waals surface area contributed by atoms with Crippen LogP contribution in [0.5, 0.6) is 0 Å². The van der Waals surface area contributed by atoms with E-state index in [-0.39, 0.29) is 12.3 Å². The normalized spacial score (nSPS) is 17.3. The van der Waals surface area contributed by atoms with Gasteiger partial charge in [0.05, 0.1) is 6.54 Å². The summed E-state index contributed by atoms with van der Waals surface area (Å²) in [5.74, 6) is 1.03. The van der Waals surface area contributed by atoms with Crippen LogP contribution in [0.25, 0.3) is 0 Å². The molecule has 1 rings (SSSR count). The maximum Gasteiger partial charge on any atom is 0.148 e. The van der Waals surface area contributed by atoms with Crippen LogP contribution >= 0.6 is 0 Å². The molecule has 0 aromatic heterocycles. The number of carbonyl (C=O) groups is 1. The number of carbonyl (C=O) groups excluding carboxylic acids is 1. The van der Waals surface area contributed by atoms with Crippen molar-refractivity contribution in [1.82, 2.24) is 5.73 Å². The summed E-state index contributed by atoms with van der Waals surface area (Å²) >= 11 is 0. The summed E-state index contributed by atoms with van der Waals surface area (Å²) in [5, 5.41) is 0. The van der Waals surface area contributed by atoms with Gasteiger partial charge in [0.25, 0.3) is 0 Å².